The summed E-state index contributed by atoms with van der Waals surface area (Å²) in [6.45, 7) is 2.23. The van der Waals surface area contributed by atoms with Crippen LogP contribution in [0.25, 0.3) is 0 Å². The number of esters is 1. The Labute approximate surface area is 122 Å². The van der Waals surface area contributed by atoms with E-state index >= 15 is 0 Å². The van der Waals surface area contributed by atoms with Gasteiger partial charge in [-0.2, -0.15) is 0 Å². The molecule has 1 aromatic heterocycles. The van der Waals surface area contributed by atoms with E-state index in [0.717, 1.165) is 17.7 Å². The summed E-state index contributed by atoms with van der Waals surface area (Å²) in [5, 5.41) is 0. The van der Waals surface area contributed by atoms with Crippen molar-refractivity contribution in [3.63, 3.8) is 0 Å². The number of hydrogen-bond acceptors (Lipinski definition) is 3. The van der Waals surface area contributed by atoms with Crippen molar-refractivity contribution in [1.82, 2.24) is 4.98 Å². The highest BCUT2D eigenvalue weighted by molar-refractivity contribution is 6.00. The summed E-state index contributed by atoms with van der Waals surface area (Å²) < 4.78 is 5.22. The number of amides is 1. The maximum absolute atomic E-state index is 12.5. The fourth-order valence-electron chi connectivity index (χ4n) is 2.52. The lowest BCUT2D eigenvalue weighted by atomic mass is 10.2. The van der Waals surface area contributed by atoms with E-state index in [4.69, 9.17) is 4.74 Å². The van der Waals surface area contributed by atoms with Crippen LogP contribution in [0.3, 0.4) is 0 Å². The highest BCUT2D eigenvalue weighted by atomic mass is 16.5. The fraction of sp³-hybridized carbons (Fsp3) is 0.250. The monoisotopic (exact) mass is 284 g/mol. The van der Waals surface area contributed by atoms with Crippen LogP contribution in [0.1, 0.15) is 23.0 Å². The Balaban J connectivity index is 1.70. The van der Waals surface area contributed by atoms with E-state index in [1.807, 2.05) is 24.3 Å². The second-order valence-corrected chi connectivity index (χ2v) is 5.00. The van der Waals surface area contributed by atoms with Gasteiger partial charge in [-0.15, -0.1) is 0 Å². The van der Waals surface area contributed by atoms with Crippen LogP contribution in [0.5, 0.6) is 0 Å². The van der Waals surface area contributed by atoms with E-state index in [1.165, 1.54) is 0 Å². The first-order chi connectivity index (χ1) is 10.2. The number of carbonyl (C=O) groups excluding carboxylic acids is 2. The third kappa shape index (κ3) is 2.54. The SMILES string of the molecule is C[C@H](OC(=O)c1ccc[nH]1)C(=O)N1CCc2ccccc21. The molecule has 0 saturated carbocycles. The Morgan fingerprint density at radius 3 is 2.81 bits per heavy atom. The van der Waals surface area contributed by atoms with Crippen molar-refractivity contribution in [3.05, 3.63) is 53.9 Å². The third-order valence-corrected chi connectivity index (χ3v) is 3.60. The van der Waals surface area contributed by atoms with Gasteiger partial charge in [0, 0.05) is 18.4 Å². The van der Waals surface area contributed by atoms with Gasteiger partial charge in [0.15, 0.2) is 6.10 Å². The molecule has 0 aliphatic carbocycles. The van der Waals surface area contributed by atoms with Gasteiger partial charge in [0.05, 0.1) is 0 Å². The first-order valence-electron chi connectivity index (χ1n) is 6.90. The molecule has 0 unspecified atom stereocenters. The van der Waals surface area contributed by atoms with Crippen LogP contribution < -0.4 is 4.90 Å². The molecule has 1 aromatic carbocycles. The van der Waals surface area contributed by atoms with Gasteiger partial charge in [0.1, 0.15) is 5.69 Å². The summed E-state index contributed by atoms with van der Waals surface area (Å²) in [6, 6.07) is 11.1. The first-order valence-corrected chi connectivity index (χ1v) is 6.90. The number of nitrogens with zero attached hydrogens (tertiary/aromatic N) is 1. The molecule has 21 heavy (non-hydrogen) atoms. The minimum atomic E-state index is -0.813. The average Bonchev–Trinajstić information content (AvgIpc) is 3.15. The number of fused-ring (bicyclic) bond motifs is 1. The third-order valence-electron chi connectivity index (χ3n) is 3.60. The van der Waals surface area contributed by atoms with Crippen LogP contribution in [0, 0.1) is 0 Å². The smallest absolute Gasteiger partial charge is 0.355 e. The van der Waals surface area contributed by atoms with Crippen molar-refractivity contribution >= 4 is 17.6 Å². The number of nitrogens with one attached hydrogen (secondary N) is 1. The zero-order valence-electron chi connectivity index (χ0n) is 11.7. The molecule has 0 bridgehead atoms. The predicted molar refractivity (Wildman–Crippen MR) is 78.2 cm³/mol. The van der Waals surface area contributed by atoms with Gasteiger partial charge in [-0.05, 0) is 37.1 Å². The van der Waals surface area contributed by atoms with Crippen LogP contribution in [-0.4, -0.2) is 29.5 Å². The maximum Gasteiger partial charge on any atom is 0.355 e. The number of carbonyl (C=O) groups is 2. The Morgan fingerprint density at radius 1 is 1.24 bits per heavy atom. The molecule has 5 heteroatoms. The van der Waals surface area contributed by atoms with Crippen LogP contribution in [0.4, 0.5) is 5.69 Å². The molecule has 108 valence electrons. The van der Waals surface area contributed by atoms with Gasteiger partial charge in [0.2, 0.25) is 0 Å². The van der Waals surface area contributed by atoms with E-state index in [1.54, 1.807) is 30.2 Å². The largest absolute Gasteiger partial charge is 0.448 e. The lowest BCUT2D eigenvalue weighted by molar-refractivity contribution is -0.126. The summed E-state index contributed by atoms with van der Waals surface area (Å²) in [5.41, 5.74) is 2.40. The Morgan fingerprint density at radius 2 is 2.05 bits per heavy atom. The van der Waals surface area contributed by atoms with E-state index in [9.17, 15) is 9.59 Å². The molecule has 1 atom stereocenters. The number of para-hydroxylation sites is 1. The van der Waals surface area contributed by atoms with E-state index in [2.05, 4.69) is 4.98 Å². The number of aromatic nitrogens is 1. The zero-order chi connectivity index (χ0) is 14.8. The highest BCUT2D eigenvalue weighted by Crippen LogP contribution is 2.28. The normalized spacial score (nSPS) is 14.6. The first kappa shape index (κ1) is 13.4. The van der Waals surface area contributed by atoms with Crippen molar-refractivity contribution in [2.75, 3.05) is 11.4 Å². The summed E-state index contributed by atoms with van der Waals surface area (Å²) in [5.74, 6) is -0.715. The quantitative estimate of drug-likeness (QED) is 0.878. The number of hydrogen-bond donors (Lipinski definition) is 1. The van der Waals surface area contributed by atoms with E-state index in [-0.39, 0.29) is 5.91 Å². The molecule has 0 spiro atoms. The van der Waals surface area contributed by atoms with Crippen LogP contribution in [-0.2, 0) is 16.0 Å². The molecule has 1 N–H and O–H groups in total. The molecular weight excluding hydrogens is 268 g/mol. The molecule has 1 aliphatic rings. The Bertz CT molecular complexity index is 664. The molecular formula is C16H16N2O3. The van der Waals surface area contributed by atoms with E-state index in [0.29, 0.717) is 12.2 Å². The van der Waals surface area contributed by atoms with Crippen LogP contribution >= 0.6 is 0 Å². The maximum atomic E-state index is 12.5. The standard InChI is InChI=1S/C16H16N2O3/c1-11(21-16(20)13-6-4-9-17-13)15(19)18-10-8-12-5-2-3-7-14(12)18/h2-7,9,11,17H,8,10H2,1H3/t11-/m0/s1. The van der Waals surface area contributed by atoms with Crippen molar-refractivity contribution in [2.45, 2.75) is 19.4 Å². The van der Waals surface area contributed by atoms with E-state index < -0.39 is 12.1 Å². The Hall–Kier alpha value is -2.56. The lowest BCUT2D eigenvalue weighted by Crippen LogP contribution is -2.39. The van der Waals surface area contributed by atoms with Gasteiger partial charge in [-0.3, -0.25) is 4.79 Å². The topological polar surface area (TPSA) is 62.4 Å². The van der Waals surface area contributed by atoms with Crippen molar-refractivity contribution < 1.29 is 14.3 Å². The van der Waals surface area contributed by atoms with Gasteiger partial charge in [-0.25, -0.2) is 4.79 Å². The zero-order valence-corrected chi connectivity index (χ0v) is 11.7. The van der Waals surface area contributed by atoms with Gasteiger partial charge < -0.3 is 14.6 Å². The molecule has 1 aliphatic heterocycles. The number of rotatable bonds is 3. The number of benzene rings is 1. The molecule has 0 fully saturated rings. The van der Waals surface area contributed by atoms with Gasteiger partial charge in [0.25, 0.3) is 5.91 Å². The molecule has 3 rings (SSSR count). The molecule has 1 amide bonds. The van der Waals surface area contributed by atoms with Crippen molar-refractivity contribution in [3.8, 4) is 0 Å². The summed E-state index contributed by atoms with van der Waals surface area (Å²) in [6.07, 6.45) is 1.66. The molecule has 0 saturated heterocycles. The molecule has 2 aromatic rings. The number of anilines is 1. The molecule has 2 heterocycles. The fourth-order valence-corrected chi connectivity index (χ4v) is 2.52. The number of ether oxygens (including phenoxy) is 1. The van der Waals surface area contributed by atoms with Crippen LogP contribution in [0.2, 0.25) is 0 Å². The minimum Gasteiger partial charge on any atom is -0.448 e. The second-order valence-electron chi connectivity index (χ2n) is 5.00. The van der Waals surface area contributed by atoms with Gasteiger partial charge >= 0.3 is 5.97 Å². The van der Waals surface area contributed by atoms with Crippen molar-refractivity contribution in [2.24, 2.45) is 0 Å². The minimum absolute atomic E-state index is 0.195. The predicted octanol–water partition coefficient (Wildman–Crippen LogP) is 2.15. The number of aromatic amines is 1. The number of H-pyrrole nitrogens is 1. The Kier molecular flexibility index (Phi) is 3.48. The molecule has 0 radical (unpaired) electrons. The summed E-state index contributed by atoms with van der Waals surface area (Å²) in [4.78, 5) is 28.8. The average molecular weight is 284 g/mol. The van der Waals surface area contributed by atoms with Gasteiger partial charge in [-0.1, -0.05) is 18.2 Å². The molecule has 5 nitrogen and oxygen atoms in total. The summed E-state index contributed by atoms with van der Waals surface area (Å²) >= 11 is 0. The van der Waals surface area contributed by atoms with Crippen molar-refractivity contribution in [1.29, 1.82) is 0 Å². The second kappa shape index (κ2) is 5.44. The lowest BCUT2D eigenvalue weighted by Gasteiger charge is -2.21. The van der Waals surface area contributed by atoms with Crippen LogP contribution in [0.15, 0.2) is 42.6 Å². The summed E-state index contributed by atoms with van der Waals surface area (Å²) in [7, 11) is 0. The highest BCUT2D eigenvalue weighted by Gasteiger charge is 2.29.